The van der Waals surface area contributed by atoms with Crippen LogP contribution >= 0.6 is 75.1 Å². The molecule has 2 N–H and O–H groups in total. The van der Waals surface area contributed by atoms with Crippen molar-refractivity contribution in [2.75, 3.05) is 66.3 Å². The van der Waals surface area contributed by atoms with Crippen molar-refractivity contribution < 1.29 is 106 Å². The number of esters is 2. The van der Waals surface area contributed by atoms with E-state index in [0.717, 1.165) is 21.6 Å². The van der Waals surface area contributed by atoms with Crippen LogP contribution in [-0.4, -0.2) is 179 Å². The molecule has 23 nitrogen and oxygen atoms in total. The van der Waals surface area contributed by atoms with Gasteiger partial charge in [-0.05, 0) is 135 Å². The molecule has 0 saturated carbocycles. The van der Waals surface area contributed by atoms with Gasteiger partial charge in [-0.25, -0.2) is 31.9 Å². The van der Waals surface area contributed by atoms with Crippen LogP contribution in [0.25, 0.3) is 0 Å². The molecule has 0 aromatic heterocycles. The van der Waals surface area contributed by atoms with Gasteiger partial charge in [0.25, 0.3) is 0 Å². The summed E-state index contributed by atoms with van der Waals surface area (Å²) in [6, 6.07) is 32.7. The molecule has 2 unspecified atom stereocenters. The van der Waals surface area contributed by atoms with Gasteiger partial charge in [-0.15, -0.1) is 0 Å². The van der Waals surface area contributed by atoms with E-state index in [1.165, 1.54) is 75.9 Å². The first-order valence-corrected chi connectivity index (χ1v) is 64.9. The number of carbonyl (C=O) groups is 4. The first kappa shape index (κ1) is 99.2. The van der Waals surface area contributed by atoms with Gasteiger partial charge in [-0.3, -0.25) is 18.7 Å². The summed E-state index contributed by atoms with van der Waals surface area (Å²) < 4.78 is 158. The molecule has 4 aliphatic rings. The first-order valence-electron chi connectivity index (χ1n) is 38.7. The zero-order valence-electron chi connectivity index (χ0n) is 66.8. The average Bonchev–Trinajstić information content (AvgIpc) is 1.08. The molecule has 34 heteroatoms. The van der Waals surface area contributed by atoms with Crippen molar-refractivity contribution >= 4 is 127 Å². The Morgan fingerprint density at radius 1 is 0.702 bits per heavy atom. The van der Waals surface area contributed by atoms with Crippen LogP contribution in [0, 0.1) is 11.8 Å². The number of alkyl halides is 3. The van der Waals surface area contributed by atoms with Gasteiger partial charge in [-0.1, -0.05) is 86.6 Å². The summed E-state index contributed by atoms with van der Waals surface area (Å²) in [6.07, 6.45) is -0.567. The third-order valence-corrected chi connectivity index (χ3v) is 39.0. The summed E-state index contributed by atoms with van der Waals surface area (Å²) >= 11 is 5.54. The number of ether oxygens (including phenoxy) is 6. The predicted octanol–water partition coefficient (Wildman–Crippen LogP) is 18.4. The van der Waals surface area contributed by atoms with Crippen molar-refractivity contribution in [3.63, 3.8) is 0 Å². The Kier molecular flexibility index (Phi) is 43.0. The Hall–Kier alpha value is -3.59. The number of nitrogens with one attached hydrogen (secondary N) is 1. The molecule has 2 amide bonds. The number of amides is 2. The third kappa shape index (κ3) is 32.8. The fourth-order valence-electron chi connectivity index (χ4n) is 13.6. The van der Waals surface area contributed by atoms with Gasteiger partial charge in [0.15, 0.2) is 18.5 Å². The number of fused-ring (bicyclic) bond motifs is 3. The summed E-state index contributed by atoms with van der Waals surface area (Å²) in [4.78, 5) is 52.2. The van der Waals surface area contributed by atoms with E-state index >= 15 is 0 Å². The number of sulfonamides is 1. The topological polar surface area (TPSA) is 271 Å². The van der Waals surface area contributed by atoms with Gasteiger partial charge in [-0.2, -0.15) is 17.5 Å². The number of aliphatic hydroxyl groups excluding tert-OH is 1. The van der Waals surface area contributed by atoms with Gasteiger partial charge in [0.1, 0.15) is 23.4 Å². The fourth-order valence-corrected chi connectivity index (χ4v) is 31.8. The van der Waals surface area contributed by atoms with Gasteiger partial charge in [0.2, 0.25) is 10.0 Å². The summed E-state index contributed by atoms with van der Waals surface area (Å²) in [5, 5.41) is 14.8. The number of methoxy groups -OCH3 is 1. The Bertz CT molecular complexity index is 4020. The van der Waals surface area contributed by atoms with Crippen molar-refractivity contribution in [1.82, 2.24) is 19.4 Å². The van der Waals surface area contributed by atoms with Crippen LogP contribution in [0.15, 0.2) is 137 Å². The van der Waals surface area contributed by atoms with Gasteiger partial charge < -0.3 is 52.8 Å². The van der Waals surface area contributed by atoms with E-state index in [1.807, 2.05) is 32.0 Å². The van der Waals surface area contributed by atoms with E-state index in [9.17, 15) is 55.0 Å². The molecule has 4 aliphatic heterocycles. The fraction of sp³-hybridized carbons (Fsp3) is 0.550. The third-order valence-electron chi connectivity index (χ3n) is 19.4. The Morgan fingerprint density at radius 2 is 1.19 bits per heavy atom. The molecular formula is C80H113F3I3N4O19P2SSnV. The number of alkyl carbamates (subject to hydrolysis) is 1. The average molecular weight is 2140 g/mol. The number of rotatable bonds is 38. The molecule has 0 bridgehead atoms. The van der Waals surface area contributed by atoms with Crippen LogP contribution in [0.5, 0.6) is 17.2 Å². The number of aliphatic hydroxyl groups is 1. The Labute approximate surface area is 713 Å². The van der Waals surface area contributed by atoms with E-state index in [2.05, 4.69) is 102 Å². The zero-order valence-corrected chi connectivity index (χ0v) is 80.1. The number of hydrogen-bond donors (Lipinski definition) is 2. The van der Waals surface area contributed by atoms with Crippen molar-refractivity contribution in [3.05, 3.63) is 165 Å². The predicted molar refractivity (Wildman–Crippen MR) is 459 cm³/mol. The van der Waals surface area contributed by atoms with Crippen LogP contribution in [0.2, 0.25) is 13.3 Å². The number of hydrogen-bond acceptors (Lipinski definition) is 20. The standard InChI is InChI=1S/C43H58N3O13PS.C23H25F3NO6P.3C4H9.C2H3.3HI.Sn.V/c1-6-54-41(48)30(4)58-60(50,59-35-10-8-7-9-11-35)28-31-12-13-33-24-45(20-18-32(33)22-31)25-38(44-43(49)57-40-27-56-42-37(40)19-21-55-42)39(47)26-46(23-29(2)3)61(51,52)36-16-14-34(53-5)15-17-36;1-3-31-21(28)16(2)32-34(30,33-20-7-5-4-6-8-20)15-17-9-10-19-14-27(12-11-18(19)13-17)22(29)23(24,25)26;3*1-3-4-2;1-2;;;;;/h7-17,22,29-30,37-40,42,47H,6,18-21,23-28H2,1-5H3,(H,44,49);4-10,13,16H,3,11-12,14-15H2,1-2H3;3*1,3-4H2,2H3;1H,2H2;3*1H;;/q;;;;;;;;;;+3/p-3/t30-,37-,38-,39+,40-,42+,60?;16-,34?;;;;;;;;;/m00........./s1. The van der Waals surface area contributed by atoms with Crippen LogP contribution < -0.4 is 19.1 Å². The van der Waals surface area contributed by atoms with Crippen LogP contribution in [0.4, 0.5) is 18.0 Å². The van der Waals surface area contributed by atoms with Crippen LogP contribution in [0.1, 0.15) is 141 Å². The second-order valence-electron chi connectivity index (χ2n) is 28.8. The molecule has 5 aromatic rings. The number of halogens is 6. The molecule has 0 radical (unpaired) electrons. The normalized spacial score (nSPS) is 18.2. The van der Waals surface area contributed by atoms with Crippen LogP contribution in [0.3, 0.4) is 0 Å². The van der Waals surface area contributed by atoms with Crippen molar-refractivity contribution in [2.24, 2.45) is 11.8 Å². The molecule has 9 atom stereocenters. The molecule has 2 saturated heterocycles. The summed E-state index contributed by atoms with van der Waals surface area (Å²) in [5.74, 6) is -2.23. The zero-order chi connectivity index (χ0) is 83.8. The van der Waals surface area contributed by atoms with Gasteiger partial charge >= 0.3 is 212 Å². The minimum atomic E-state index is -4.92. The quantitative estimate of drug-likeness (QED) is 0.0122. The molecule has 634 valence electrons. The molecule has 2 fully saturated rings. The van der Waals surface area contributed by atoms with E-state index in [1.54, 1.807) is 118 Å². The molecule has 114 heavy (non-hydrogen) atoms. The molecule has 0 aliphatic carbocycles. The SMILES string of the molecule is C=[CH][Sn]([CH2]CCC)([CH2]CCC)[CH2]CCC.CCOC(=O)[C@H](C)OP(=O)(Cc1ccc2c(c1)CCN(C(=O)C(F)(F)F)C2)Oc1ccccc1.CCOC(=O)[C@H](C)OP(=O)(Cc1ccc2c(c1)CCN(C[C@H](NC(=O)O[C@H]1CO[C@H]3OCC[C@H]31)[C@H](O)CN(CC(C)C)S(=O)(=O)c1ccc(OC)cc1)C2)Oc1ccccc1.[I][V]([I])[I]. The molecule has 9 rings (SSSR count). The number of carbonyl (C=O) groups excluding carboxylic acids is 4. The second kappa shape index (κ2) is 49.4. The van der Waals surface area contributed by atoms with E-state index in [-0.39, 0.29) is 92.9 Å². The van der Waals surface area contributed by atoms with Crippen molar-refractivity contribution in [2.45, 2.75) is 207 Å². The minimum absolute atomic E-state index is 0.0506. The van der Waals surface area contributed by atoms with Gasteiger partial charge in [0.05, 0.1) is 68.8 Å². The number of benzene rings is 5. The Balaban J connectivity index is 0.000000317. The van der Waals surface area contributed by atoms with Crippen molar-refractivity contribution in [1.29, 1.82) is 0 Å². The van der Waals surface area contributed by atoms with E-state index < -0.39 is 110 Å². The number of nitrogens with zero attached hydrogens (tertiary/aromatic N) is 3. The monoisotopic (exact) mass is 2140 g/mol. The number of unbranched alkanes of at least 4 members (excludes halogenated alkanes) is 3. The van der Waals surface area contributed by atoms with Crippen LogP contribution in [-0.2, 0) is 109 Å². The number of para-hydroxylation sites is 2. The molecular weight excluding hydrogens is 2020 g/mol. The van der Waals surface area contributed by atoms with Crippen molar-refractivity contribution in [3.8, 4) is 17.2 Å². The van der Waals surface area contributed by atoms with E-state index in [4.69, 9.17) is 46.5 Å². The maximum absolute atomic E-state index is 14.2. The Morgan fingerprint density at radius 3 is 1.65 bits per heavy atom. The first-order chi connectivity index (χ1) is 54.1. The van der Waals surface area contributed by atoms with Gasteiger partial charge in [0, 0.05) is 45.8 Å². The molecule has 4 heterocycles. The second-order valence-corrected chi connectivity index (χ2v) is 83.2. The maximum atomic E-state index is 14.2. The summed E-state index contributed by atoms with van der Waals surface area (Å²) in [6.45, 7) is 22.8. The summed E-state index contributed by atoms with van der Waals surface area (Å²) in [7, 11) is -10.4. The molecule has 5 aromatic carbocycles. The molecule has 0 spiro atoms. The summed E-state index contributed by atoms with van der Waals surface area (Å²) in [5.41, 5.74) is 4.55. The van der Waals surface area contributed by atoms with E-state index in [0.29, 0.717) is 66.5 Å².